The van der Waals surface area contributed by atoms with E-state index in [4.69, 9.17) is 22.8 Å². The fourth-order valence-corrected chi connectivity index (χ4v) is 4.47. The Balaban J connectivity index is 5.16. The van der Waals surface area contributed by atoms with E-state index in [1.54, 1.807) is 0 Å². The number of ether oxygens (including phenoxy) is 2. The summed E-state index contributed by atoms with van der Waals surface area (Å²) in [4.78, 5) is 23.6. The number of hydrogen-bond acceptors (Lipinski definition) is 7. The molecule has 0 aliphatic heterocycles. The molecule has 0 saturated heterocycles. The zero-order valence-electron chi connectivity index (χ0n) is 15.9. The summed E-state index contributed by atoms with van der Waals surface area (Å²) in [6.45, 7) is 16.9. The first-order valence-corrected chi connectivity index (χ1v) is 10.3. The van der Waals surface area contributed by atoms with Gasteiger partial charge in [0.1, 0.15) is 0 Å². The van der Waals surface area contributed by atoms with Crippen LogP contribution in [0.5, 0.6) is 0 Å². The van der Waals surface area contributed by atoms with Crippen molar-refractivity contribution < 1.29 is 32.3 Å². The summed E-state index contributed by atoms with van der Waals surface area (Å²) < 4.78 is 27.6. The van der Waals surface area contributed by atoms with Crippen LogP contribution in [0.15, 0.2) is 24.3 Å². The highest BCUT2D eigenvalue weighted by Gasteiger charge is 2.41. The summed E-state index contributed by atoms with van der Waals surface area (Å²) in [5, 5.41) is 0. The summed E-state index contributed by atoms with van der Waals surface area (Å²) >= 11 is 0. The Morgan fingerprint density at radius 1 is 0.840 bits per heavy atom. The van der Waals surface area contributed by atoms with Crippen molar-refractivity contribution in [1.82, 2.24) is 0 Å². The van der Waals surface area contributed by atoms with Crippen molar-refractivity contribution in [3.05, 3.63) is 24.3 Å². The summed E-state index contributed by atoms with van der Waals surface area (Å²) in [6, 6.07) is 0.333. The standard InChI is InChI=1S/C17H30O7Si/c1-8-20-25(21-9-2,22-10-3)12-11-15(23-16(18)13(4)5)24-17(19)14(6)7/h15H,4,6,8-12H2,1-3,5,7H3. The Morgan fingerprint density at radius 2 is 1.20 bits per heavy atom. The van der Waals surface area contributed by atoms with Crippen LogP contribution < -0.4 is 0 Å². The Kier molecular flexibility index (Phi) is 11.3. The Labute approximate surface area is 151 Å². The normalized spacial score (nSPS) is 11.3. The van der Waals surface area contributed by atoms with E-state index in [9.17, 15) is 9.59 Å². The van der Waals surface area contributed by atoms with Gasteiger partial charge >= 0.3 is 20.7 Å². The highest BCUT2D eigenvalue weighted by Crippen LogP contribution is 2.21. The average Bonchev–Trinajstić information content (AvgIpc) is 2.53. The molecule has 0 rings (SSSR count). The first-order valence-electron chi connectivity index (χ1n) is 8.36. The maximum absolute atomic E-state index is 11.8. The van der Waals surface area contributed by atoms with Crippen LogP contribution in [0.25, 0.3) is 0 Å². The molecule has 0 spiro atoms. The predicted octanol–water partition coefficient (Wildman–Crippen LogP) is 2.99. The molecular weight excluding hydrogens is 344 g/mol. The third kappa shape index (κ3) is 8.96. The molecule has 0 bridgehead atoms. The highest BCUT2D eigenvalue weighted by atomic mass is 28.4. The molecule has 0 N–H and O–H groups in total. The van der Waals surface area contributed by atoms with E-state index < -0.39 is 27.0 Å². The average molecular weight is 375 g/mol. The first-order chi connectivity index (χ1) is 11.7. The van der Waals surface area contributed by atoms with Crippen LogP contribution in [0.4, 0.5) is 0 Å². The second kappa shape index (κ2) is 12.0. The molecule has 0 aromatic carbocycles. The van der Waals surface area contributed by atoms with Crippen molar-refractivity contribution in [2.75, 3.05) is 19.8 Å². The van der Waals surface area contributed by atoms with Crippen LogP contribution in [0, 0.1) is 0 Å². The highest BCUT2D eigenvalue weighted by molar-refractivity contribution is 6.60. The van der Waals surface area contributed by atoms with Gasteiger partial charge in [-0.15, -0.1) is 0 Å². The summed E-state index contributed by atoms with van der Waals surface area (Å²) in [5.41, 5.74) is 0.415. The SMILES string of the molecule is C=C(C)C(=O)OC(CC[Si](OCC)(OCC)OCC)OC(=O)C(=C)C. The minimum absolute atomic E-state index is 0.185. The molecule has 0 fully saturated rings. The van der Waals surface area contributed by atoms with Gasteiger partial charge in [0.2, 0.25) is 6.29 Å². The van der Waals surface area contributed by atoms with E-state index >= 15 is 0 Å². The molecule has 0 amide bonds. The van der Waals surface area contributed by atoms with Crippen LogP contribution in [0.2, 0.25) is 6.04 Å². The van der Waals surface area contributed by atoms with Gasteiger partial charge in [-0.25, -0.2) is 9.59 Å². The minimum atomic E-state index is -2.94. The van der Waals surface area contributed by atoms with Crippen molar-refractivity contribution in [2.45, 2.75) is 53.4 Å². The molecule has 0 aromatic rings. The zero-order chi connectivity index (χ0) is 19.5. The lowest BCUT2D eigenvalue weighted by Crippen LogP contribution is -2.46. The van der Waals surface area contributed by atoms with Gasteiger partial charge in [-0.3, -0.25) is 0 Å². The number of hydrogen-bond donors (Lipinski definition) is 0. The molecule has 0 heterocycles. The van der Waals surface area contributed by atoms with Crippen LogP contribution >= 0.6 is 0 Å². The lowest BCUT2D eigenvalue weighted by molar-refractivity contribution is -0.183. The molecule has 7 nitrogen and oxygen atoms in total. The number of carbonyl (C=O) groups is 2. The quantitative estimate of drug-likeness (QED) is 0.212. The monoisotopic (exact) mass is 374 g/mol. The lowest BCUT2D eigenvalue weighted by Gasteiger charge is -2.29. The maximum atomic E-state index is 11.8. The molecule has 0 aliphatic carbocycles. The third-order valence-electron chi connectivity index (χ3n) is 2.95. The van der Waals surface area contributed by atoms with Crippen molar-refractivity contribution in [1.29, 1.82) is 0 Å². The number of rotatable bonds is 13. The van der Waals surface area contributed by atoms with Gasteiger partial charge in [0, 0.05) is 43.4 Å². The van der Waals surface area contributed by atoms with E-state index in [2.05, 4.69) is 13.2 Å². The van der Waals surface area contributed by atoms with E-state index in [0.717, 1.165) is 0 Å². The van der Waals surface area contributed by atoms with Crippen LogP contribution in [0.3, 0.4) is 0 Å². The molecule has 0 aromatic heterocycles. The Morgan fingerprint density at radius 3 is 1.48 bits per heavy atom. The minimum Gasteiger partial charge on any atom is -0.422 e. The molecule has 8 heteroatoms. The first kappa shape index (κ1) is 23.5. The van der Waals surface area contributed by atoms with Gasteiger partial charge in [0.05, 0.1) is 0 Å². The van der Waals surface area contributed by atoms with Crippen molar-refractivity contribution >= 4 is 20.7 Å². The van der Waals surface area contributed by atoms with Gasteiger partial charge in [0.25, 0.3) is 0 Å². The lowest BCUT2D eigenvalue weighted by atomic mass is 10.3. The Bertz CT molecular complexity index is 431. The van der Waals surface area contributed by atoms with E-state index in [0.29, 0.717) is 25.9 Å². The molecule has 0 atom stereocenters. The molecule has 0 radical (unpaired) electrons. The largest absolute Gasteiger partial charge is 0.501 e. The maximum Gasteiger partial charge on any atom is 0.501 e. The van der Waals surface area contributed by atoms with E-state index in [1.165, 1.54) is 13.8 Å². The van der Waals surface area contributed by atoms with Crippen molar-refractivity contribution in [3.63, 3.8) is 0 Å². The van der Waals surface area contributed by atoms with E-state index in [-0.39, 0.29) is 17.6 Å². The number of carbonyl (C=O) groups excluding carboxylic acids is 2. The van der Waals surface area contributed by atoms with Gasteiger partial charge in [-0.05, 0) is 34.6 Å². The second-order valence-corrected chi connectivity index (χ2v) is 8.05. The van der Waals surface area contributed by atoms with Gasteiger partial charge in [0.15, 0.2) is 0 Å². The summed E-state index contributed by atoms with van der Waals surface area (Å²) in [7, 11) is -2.94. The number of esters is 2. The third-order valence-corrected chi connectivity index (χ3v) is 6.04. The van der Waals surface area contributed by atoms with Crippen LogP contribution in [-0.2, 0) is 32.3 Å². The molecule has 0 saturated carbocycles. The zero-order valence-corrected chi connectivity index (χ0v) is 16.9. The van der Waals surface area contributed by atoms with Crippen molar-refractivity contribution in [2.24, 2.45) is 0 Å². The molecule has 0 unspecified atom stereocenters. The van der Waals surface area contributed by atoms with Crippen LogP contribution in [0.1, 0.15) is 41.0 Å². The molecule has 144 valence electrons. The smallest absolute Gasteiger partial charge is 0.422 e. The fraction of sp³-hybridized carbons (Fsp3) is 0.647. The summed E-state index contributed by atoms with van der Waals surface area (Å²) in [5.74, 6) is -1.29. The fourth-order valence-electron chi connectivity index (χ4n) is 1.88. The Hall–Kier alpha value is -1.48. The van der Waals surface area contributed by atoms with E-state index in [1.807, 2.05) is 20.8 Å². The summed E-state index contributed by atoms with van der Waals surface area (Å²) in [6.07, 6.45) is -0.911. The topological polar surface area (TPSA) is 80.3 Å². The second-order valence-electron chi connectivity index (χ2n) is 5.32. The predicted molar refractivity (Wildman–Crippen MR) is 95.7 cm³/mol. The van der Waals surface area contributed by atoms with Gasteiger partial charge in [-0.2, -0.15) is 0 Å². The van der Waals surface area contributed by atoms with Gasteiger partial charge in [-0.1, -0.05) is 13.2 Å². The van der Waals surface area contributed by atoms with Crippen LogP contribution in [-0.4, -0.2) is 46.9 Å². The van der Waals surface area contributed by atoms with Crippen molar-refractivity contribution in [3.8, 4) is 0 Å². The molecule has 25 heavy (non-hydrogen) atoms. The van der Waals surface area contributed by atoms with Gasteiger partial charge < -0.3 is 22.8 Å². The molecular formula is C17H30O7Si. The molecule has 0 aliphatic rings.